The van der Waals surface area contributed by atoms with Gasteiger partial charge in [0.05, 0.1) is 17.5 Å². The van der Waals surface area contributed by atoms with Crippen LogP contribution in [0, 0.1) is 0 Å². The summed E-state index contributed by atoms with van der Waals surface area (Å²) < 4.78 is 42.6. The van der Waals surface area contributed by atoms with Crippen molar-refractivity contribution < 1.29 is 27.3 Å². The highest BCUT2D eigenvalue weighted by Gasteiger charge is 2.24. The van der Waals surface area contributed by atoms with Crippen LogP contribution in [-0.4, -0.2) is 30.9 Å². The average Bonchev–Trinajstić information content (AvgIpc) is 2.53. The van der Waals surface area contributed by atoms with Gasteiger partial charge in [-0.15, -0.1) is 0 Å². The second-order valence-electron chi connectivity index (χ2n) is 5.11. The topological polar surface area (TPSA) is 113 Å². The van der Waals surface area contributed by atoms with E-state index in [1.807, 2.05) is 6.07 Å². The van der Waals surface area contributed by atoms with E-state index in [0.717, 1.165) is 5.56 Å². The summed E-state index contributed by atoms with van der Waals surface area (Å²) in [6, 6.07) is 15.9. The Hall–Kier alpha value is -1.54. The summed E-state index contributed by atoms with van der Waals surface area (Å²) in [6.07, 6.45) is 0.229. The zero-order valence-electron chi connectivity index (χ0n) is 12.6. The largest absolute Gasteiger partial charge is 0.469 e. The van der Waals surface area contributed by atoms with Crippen molar-refractivity contribution in [2.45, 2.75) is 17.4 Å². The maximum absolute atomic E-state index is 12.4. The van der Waals surface area contributed by atoms with Crippen molar-refractivity contribution in [1.82, 2.24) is 4.72 Å². The molecule has 0 spiro atoms. The molecule has 9 heteroatoms. The van der Waals surface area contributed by atoms with Gasteiger partial charge in [-0.05, 0) is 24.1 Å². The van der Waals surface area contributed by atoms with Gasteiger partial charge in [-0.3, -0.25) is 4.52 Å². The standard InChI is InChI=1S/C15H18NO6PS/c17-23(18,19)22-12-14(11-13-7-3-1-4-8-13)16-24(20,21)15-9-5-2-6-10-15/h1-10,14,16H,11-12H2,(H2,17,18,19)/t14-/m1/s1. The average molecular weight is 371 g/mol. The minimum atomic E-state index is -4.70. The van der Waals surface area contributed by atoms with E-state index in [2.05, 4.69) is 9.25 Å². The van der Waals surface area contributed by atoms with Crippen LogP contribution in [0.4, 0.5) is 0 Å². The molecule has 0 bridgehead atoms. The van der Waals surface area contributed by atoms with Crippen LogP contribution >= 0.6 is 7.82 Å². The summed E-state index contributed by atoms with van der Waals surface area (Å²) in [7, 11) is -8.53. The molecule has 2 aromatic rings. The van der Waals surface area contributed by atoms with Gasteiger partial charge in [0.25, 0.3) is 0 Å². The molecule has 0 heterocycles. The number of hydrogen-bond acceptors (Lipinski definition) is 4. The van der Waals surface area contributed by atoms with Crippen molar-refractivity contribution in [3.05, 3.63) is 66.2 Å². The second kappa shape index (κ2) is 8.02. The van der Waals surface area contributed by atoms with Gasteiger partial charge in [-0.2, -0.15) is 0 Å². The van der Waals surface area contributed by atoms with Gasteiger partial charge in [0, 0.05) is 0 Å². The molecule has 130 valence electrons. The van der Waals surface area contributed by atoms with E-state index in [4.69, 9.17) is 9.79 Å². The van der Waals surface area contributed by atoms with E-state index >= 15 is 0 Å². The van der Waals surface area contributed by atoms with E-state index in [1.165, 1.54) is 12.1 Å². The third-order valence-corrected chi connectivity index (χ3v) is 5.17. The normalized spacial score (nSPS) is 13.6. The molecule has 0 unspecified atom stereocenters. The maximum atomic E-state index is 12.4. The second-order valence-corrected chi connectivity index (χ2v) is 8.06. The first-order valence-corrected chi connectivity index (χ1v) is 10.1. The molecular formula is C15H18NO6PS. The molecule has 3 N–H and O–H groups in total. The van der Waals surface area contributed by atoms with Gasteiger partial charge < -0.3 is 9.79 Å². The Morgan fingerprint density at radius 1 is 1.00 bits per heavy atom. The van der Waals surface area contributed by atoms with E-state index in [9.17, 15) is 13.0 Å². The Balaban J connectivity index is 2.17. The van der Waals surface area contributed by atoms with Gasteiger partial charge in [-0.1, -0.05) is 48.5 Å². The molecule has 0 aliphatic rings. The van der Waals surface area contributed by atoms with Gasteiger partial charge in [-0.25, -0.2) is 17.7 Å². The molecule has 0 aliphatic carbocycles. The first kappa shape index (κ1) is 18.8. The number of nitrogens with one attached hydrogen (secondary N) is 1. The van der Waals surface area contributed by atoms with Gasteiger partial charge in [0.15, 0.2) is 0 Å². The van der Waals surface area contributed by atoms with Crippen LogP contribution in [0.15, 0.2) is 65.6 Å². The molecule has 0 saturated heterocycles. The van der Waals surface area contributed by atoms with Crippen molar-refractivity contribution in [2.75, 3.05) is 6.61 Å². The quantitative estimate of drug-likeness (QED) is 0.609. The van der Waals surface area contributed by atoms with E-state index < -0.39 is 30.5 Å². The number of sulfonamides is 1. The van der Waals surface area contributed by atoms with Gasteiger partial charge in [0.2, 0.25) is 10.0 Å². The molecule has 2 aromatic carbocycles. The number of hydrogen-bond donors (Lipinski definition) is 3. The molecule has 0 amide bonds. The molecular weight excluding hydrogens is 353 g/mol. The fraction of sp³-hybridized carbons (Fsp3) is 0.200. The van der Waals surface area contributed by atoms with Crippen LogP contribution in [0.2, 0.25) is 0 Å². The van der Waals surface area contributed by atoms with Gasteiger partial charge in [0.1, 0.15) is 0 Å². The third kappa shape index (κ3) is 6.16. The van der Waals surface area contributed by atoms with Crippen LogP contribution in [0.1, 0.15) is 5.56 Å². The Labute approximate surface area is 140 Å². The third-order valence-electron chi connectivity index (χ3n) is 3.14. The van der Waals surface area contributed by atoms with E-state index in [1.54, 1.807) is 42.5 Å². The van der Waals surface area contributed by atoms with Crippen LogP contribution in [-0.2, 0) is 25.5 Å². The number of benzene rings is 2. The summed E-state index contributed by atoms with van der Waals surface area (Å²) in [5.74, 6) is 0. The summed E-state index contributed by atoms with van der Waals surface area (Å²) in [6.45, 7) is -0.453. The molecule has 0 aromatic heterocycles. The molecule has 0 saturated carbocycles. The van der Waals surface area contributed by atoms with Crippen molar-refractivity contribution in [3.8, 4) is 0 Å². The molecule has 7 nitrogen and oxygen atoms in total. The van der Waals surface area contributed by atoms with E-state index in [0.29, 0.717) is 0 Å². The summed E-state index contributed by atoms with van der Waals surface area (Å²) >= 11 is 0. The number of rotatable bonds is 8. The molecule has 1 atom stereocenters. The summed E-state index contributed by atoms with van der Waals surface area (Å²) in [4.78, 5) is 17.8. The Kier molecular flexibility index (Phi) is 6.28. The predicted octanol–water partition coefficient (Wildman–Crippen LogP) is 1.69. The molecule has 24 heavy (non-hydrogen) atoms. The lowest BCUT2D eigenvalue weighted by Crippen LogP contribution is -2.39. The molecule has 0 aliphatic heterocycles. The Bertz CT molecular complexity index is 791. The summed E-state index contributed by atoms with van der Waals surface area (Å²) in [5, 5.41) is 0. The SMILES string of the molecule is O=P(O)(O)OC[C@@H](Cc1ccccc1)NS(=O)(=O)c1ccccc1. The van der Waals surface area contributed by atoms with Crippen molar-refractivity contribution in [3.63, 3.8) is 0 Å². The zero-order valence-corrected chi connectivity index (χ0v) is 14.4. The highest BCUT2D eigenvalue weighted by Crippen LogP contribution is 2.35. The molecule has 2 rings (SSSR count). The molecule has 0 radical (unpaired) electrons. The van der Waals surface area contributed by atoms with Crippen molar-refractivity contribution in [2.24, 2.45) is 0 Å². The maximum Gasteiger partial charge on any atom is 0.469 e. The minimum absolute atomic E-state index is 0.0687. The van der Waals surface area contributed by atoms with E-state index in [-0.39, 0.29) is 11.3 Å². The monoisotopic (exact) mass is 371 g/mol. The first-order valence-electron chi connectivity index (χ1n) is 7.08. The predicted molar refractivity (Wildman–Crippen MR) is 88.7 cm³/mol. The fourth-order valence-corrected chi connectivity index (χ4v) is 3.72. The van der Waals surface area contributed by atoms with Gasteiger partial charge >= 0.3 is 7.82 Å². The molecule has 0 fully saturated rings. The number of phosphoric acid groups is 1. The minimum Gasteiger partial charge on any atom is -0.303 e. The van der Waals surface area contributed by atoms with Crippen LogP contribution in [0.3, 0.4) is 0 Å². The lowest BCUT2D eigenvalue weighted by molar-refractivity contribution is 0.182. The first-order chi connectivity index (χ1) is 11.3. The summed E-state index contributed by atoms with van der Waals surface area (Å²) in [5.41, 5.74) is 0.813. The highest BCUT2D eigenvalue weighted by atomic mass is 32.2. The van der Waals surface area contributed by atoms with Crippen LogP contribution in [0.25, 0.3) is 0 Å². The zero-order chi connectivity index (χ0) is 17.6. The lowest BCUT2D eigenvalue weighted by Gasteiger charge is -2.19. The van der Waals surface area contributed by atoms with Crippen molar-refractivity contribution in [1.29, 1.82) is 0 Å². The lowest BCUT2D eigenvalue weighted by atomic mass is 10.1. The van der Waals surface area contributed by atoms with Crippen molar-refractivity contribution >= 4 is 17.8 Å². The van der Waals surface area contributed by atoms with Crippen LogP contribution < -0.4 is 4.72 Å². The van der Waals surface area contributed by atoms with Crippen LogP contribution in [0.5, 0.6) is 0 Å². The smallest absolute Gasteiger partial charge is 0.303 e. The highest BCUT2D eigenvalue weighted by molar-refractivity contribution is 7.89. The fourth-order valence-electron chi connectivity index (χ4n) is 2.11. The number of phosphoric ester groups is 1. The Morgan fingerprint density at radius 3 is 2.08 bits per heavy atom. The Morgan fingerprint density at radius 2 is 1.54 bits per heavy atom.